The quantitative estimate of drug-likeness (QED) is 0.599. The number of aryl methyl sites for hydroxylation is 3. The van der Waals surface area contributed by atoms with Gasteiger partial charge in [0.25, 0.3) is 0 Å². The van der Waals surface area contributed by atoms with Gasteiger partial charge in [-0.15, -0.1) is 0 Å². The number of carbonyl (C=O) groups is 1. The Kier molecular flexibility index (Phi) is 5.93. The zero-order chi connectivity index (χ0) is 22.1. The van der Waals surface area contributed by atoms with Crippen LogP contribution in [0.5, 0.6) is 0 Å². The van der Waals surface area contributed by atoms with Crippen LogP contribution in [0.1, 0.15) is 18.9 Å². The standard InChI is InChI=1S/C21H23N3O5S/c1-4-14-6-5-7-15(12-14)22-19(25)10-11-30(28,29)16-8-9-17-18(13-16)24(3)21(27)20(26)23(17)2/h5-9,12-13H,4,10-11H2,1-3H3,(H,22,25). The van der Waals surface area contributed by atoms with Crippen LogP contribution in [0.3, 0.4) is 0 Å². The van der Waals surface area contributed by atoms with E-state index in [0.717, 1.165) is 16.6 Å². The summed E-state index contributed by atoms with van der Waals surface area (Å²) < 4.78 is 27.8. The molecule has 0 aliphatic carbocycles. The first-order chi connectivity index (χ1) is 14.1. The highest BCUT2D eigenvalue weighted by molar-refractivity contribution is 7.91. The van der Waals surface area contributed by atoms with Crippen LogP contribution in [0.25, 0.3) is 11.0 Å². The van der Waals surface area contributed by atoms with Crippen molar-refractivity contribution in [1.29, 1.82) is 0 Å². The maximum absolute atomic E-state index is 12.7. The SMILES string of the molecule is CCc1cccc(NC(=O)CCS(=O)(=O)c2ccc3c(c2)n(C)c(=O)c(=O)n3C)c1. The lowest BCUT2D eigenvalue weighted by Gasteiger charge is -2.11. The fourth-order valence-corrected chi connectivity index (χ4v) is 4.45. The molecule has 0 saturated carbocycles. The van der Waals surface area contributed by atoms with Gasteiger partial charge in [0.15, 0.2) is 9.84 Å². The molecule has 0 bridgehead atoms. The average Bonchev–Trinajstić information content (AvgIpc) is 2.74. The predicted molar refractivity (Wildman–Crippen MR) is 116 cm³/mol. The van der Waals surface area contributed by atoms with Crippen LogP contribution in [0.2, 0.25) is 0 Å². The Bertz CT molecular complexity index is 1350. The number of hydrogen-bond acceptors (Lipinski definition) is 5. The highest BCUT2D eigenvalue weighted by atomic mass is 32.2. The summed E-state index contributed by atoms with van der Waals surface area (Å²) >= 11 is 0. The first kappa shape index (κ1) is 21.5. The number of hydrogen-bond donors (Lipinski definition) is 1. The number of aromatic nitrogens is 2. The summed E-state index contributed by atoms with van der Waals surface area (Å²) in [6.07, 6.45) is 0.622. The minimum absolute atomic E-state index is 0.00979. The molecule has 0 radical (unpaired) electrons. The second-order valence-corrected chi connectivity index (χ2v) is 9.16. The molecule has 0 aliphatic rings. The zero-order valence-corrected chi connectivity index (χ0v) is 17.8. The van der Waals surface area contributed by atoms with Crippen molar-refractivity contribution in [1.82, 2.24) is 9.13 Å². The number of anilines is 1. The normalized spacial score (nSPS) is 11.6. The van der Waals surface area contributed by atoms with Gasteiger partial charge >= 0.3 is 11.1 Å². The van der Waals surface area contributed by atoms with E-state index in [2.05, 4.69) is 5.32 Å². The van der Waals surface area contributed by atoms with Crippen molar-refractivity contribution in [3.8, 4) is 0 Å². The Labute approximate surface area is 173 Å². The third kappa shape index (κ3) is 4.20. The van der Waals surface area contributed by atoms with Crippen molar-refractivity contribution in [3.05, 3.63) is 68.7 Å². The molecule has 8 nitrogen and oxygen atoms in total. The lowest BCUT2D eigenvalue weighted by molar-refractivity contribution is -0.115. The van der Waals surface area contributed by atoms with Crippen LogP contribution in [0.4, 0.5) is 5.69 Å². The summed E-state index contributed by atoms with van der Waals surface area (Å²) in [7, 11) is -0.895. The van der Waals surface area contributed by atoms with Crippen LogP contribution in [-0.2, 0) is 35.1 Å². The number of benzene rings is 2. The molecule has 0 unspecified atom stereocenters. The molecule has 158 valence electrons. The summed E-state index contributed by atoms with van der Waals surface area (Å²) in [5.74, 6) is -0.778. The van der Waals surface area contributed by atoms with Crippen LogP contribution in [0.15, 0.2) is 56.9 Å². The van der Waals surface area contributed by atoms with Crippen LogP contribution >= 0.6 is 0 Å². The molecule has 1 aromatic heterocycles. The number of fused-ring (bicyclic) bond motifs is 1. The second-order valence-electron chi connectivity index (χ2n) is 7.05. The van der Waals surface area contributed by atoms with Gasteiger partial charge in [-0.1, -0.05) is 19.1 Å². The minimum Gasteiger partial charge on any atom is -0.326 e. The molecule has 0 aliphatic heterocycles. The number of nitrogens with zero attached hydrogens (tertiary/aromatic N) is 2. The monoisotopic (exact) mass is 429 g/mol. The van der Waals surface area contributed by atoms with Gasteiger partial charge in [0.2, 0.25) is 5.91 Å². The van der Waals surface area contributed by atoms with Crippen LogP contribution in [-0.4, -0.2) is 29.2 Å². The molecule has 30 heavy (non-hydrogen) atoms. The van der Waals surface area contributed by atoms with Crippen LogP contribution < -0.4 is 16.4 Å². The summed E-state index contributed by atoms with van der Waals surface area (Å²) in [6.45, 7) is 2.00. The van der Waals surface area contributed by atoms with Crippen molar-refractivity contribution in [3.63, 3.8) is 0 Å². The maximum Gasteiger partial charge on any atom is 0.316 e. The molecule has 1 amide bonds. The first-order valence-electron chi connectivity index (χ1n) is 9.45. The van der Waals surface area contributed by atoms with E-state index in [-0.39, 0.29) is 17.1 Å². The van der Waals surface area contributed by atoms with Gasteiger partial charge < -0.3 is 14.5 Å². The third-order valence-corrected chi connectivity index (χ3v) is 6.75. The molecular weight excluding hydrogens is 406 g/mol. The Morgan fingerprint density at radius 1 is 0.967 bits per heavy atom. The van der Waals surface area contributed by atoms with E-state index in [0.29, 0.717) is 16.7 Å². The lowest BCUT2D eigenvalue weighted by atomic mass is 10.1. The molecular formula is C21H23N3O5S. The van der Waals surface area contributed by atoms with E-state index >= 15 is 0 Å². The molecule has 0 saturated heterocycles. The zero-order valence-electron chi connectivity index (χ0n) is 17.0. The van der Waals surface area contributed by atoms with E-state index in [1.807, 2.05) is 25.1 Å². The molecule has 9 heteroatoms. The van der Waals surface area contributed by atoms with Gasteiger partial charge in [-0.25, -0.2) is 8.42 Å². The first-order valence-corrected chi connectivity index (χ1v) is 11.1. The fourth-order valence-electron chi connectivity index (χ4n) is 3.19. The highest BCUT2D eigenvalue weighted by Gasteiger charge is 2.19. The molecule has 0 fully saturated rings. The van der Waals surface area contributed by atoms with Crippen molar-refractivity contribution in [2.45, 2.75) is 24.7 Å². The molecule has 1 heterocycles. The van der Waals surface area contributed by atoms with E-state index in [9.17, 15) is 22.8 Å². The molecule has 1 N–H and O–H groups in total. The molecule has 3 aromatic rings. The molecule has 0 spiro atoms. The van der Waals surface area contributed by atoms with E-state index < -0.39 is 26.9 Å². The Hall–Kier alpha value is -3.20. The van der Waals surface area contributed by atoms with E-state index in [1.54, 1.807) is 6.07 Å². The number of rotatable bonds is 6. The van der Waals surface area contributed by atoms with Gasteiger partial charge in [-0.3, -0.25) is 14.4 Å². The van der Waals surface area contributed by atoms with Gasteiger partial charge in [-0.05, 0) is 42.3 Å². The summed E-state index contributed by atoms with van der Waals surface area (Å²) in [6, 6.07) is 11.6. The number of nitrogens with one attached hydrogen (secondary N) is 1. The predicted octanol–water partition coefficient (Wildman–Crippen LogP) is 1.60. The largest absolute Gasteiger partial charge is 0.326 e. The van der Waals surface area contributed by atoms with Crippen molar-refractivity contribution < 1.29 is 13.2 Å². The van der Waals surface area contributed by atoms with Crippen LogP contribution in [0, 0.1) is 0 Å². The van der Waals surface area contributed by atoms with Gasteiger partial charge in [-0.2, -0.15) is 0 Å². The summed E-state index contributed by atoms with van der Waals surface area (Å²) in [5.41, 5.74) is 1.02. The third-order valence-electron chi connectivity index (χ3n) is 5.04. The Morgan fingerprint density at radius 2 is 1.63 bits per heavy atom. The highest BCUT2D eigenvalue weighted by Crippen LogP contribution is 2.19. The van der Waals surface area contributed by atoms with Gasteiger partial charge in [0.05, 0.1) is 21.7 Å². The molecule has 2 aromatic carbocycles. The number of carbonyl (C=O) groups excluding carboxylic acids is 1. The van der Waals surface area contributed by atoms with Gasteiger partial charge in [0.1, 0.15) is 0 Å². The van der Waals surface area contributed by atoms with Crippen molar-refractivity contribution in [2.24, 2.45) is 14.1 Å². The number of sulfone groups is 1. The van der Waals surface area contributed by atoms with Crippen molar-refractivity contribution >= 4 is 32.5 Å². The minimum atomic E-state index is -3.77. The molecule has 3 rings (SSSR count). The lowest BCUT2D eigenvalue weighted by Crippen LogP contribution is -2.39. The van der Waals surface area contributed by atoms with Gasteiger partial charge in [0, 0.05) is 26.2 Å². The Morgan fingerprint density at radius 3 is 2.30 bits per heavy atom. The summed E-state index contributed by atoms with van der Waals surface area (Å²) in [5, 5.41) is 2.71. The fraction of sp³-hybridized carbons (Fsp3) is 0.286. The summed E-state index contributed by atoms with van der Waals surface area (Å²) in [4.78, 5) is 36.2. The second kappa shape index (κ2) is 8.27. The van der Waals surface area contributed by atoms with Crippen molar-refractivity contribution in [2.75, 3.05) is 11.1 Å². The van der Waals surface area contributed by atoms with E-state index in [1.165, 1.54) is 36.9 Å². The number of amides is 1. The smallest absolute Gasteiger partial charge is 0.316 e. The van der Waals surface area contributed by atoms with E-state index in [4.69, 9.17) is 0 Å². The Balaban J connectivity index is 1.81. The average molecular weight is 429 g/mol. The molecule has 0 atom stereocenters. The topological polar surface area (TPSA) is 107 Å². The maximum atomic E-state index is 12.7.